The molecule has 2 saturated heterocycles. The average Bonchev–Trinajstić information content (AvgIpc) is 2.77. The lowest BCUT2D eigenvalue weighted by molar-refractivity contribution is -0.142. The molecule has 8 heteroatoms. The fourth-order valence-electron chi connectivity index (χ4n) is 2.58. The Labute approximate surface area is 115 Å². The molecule has 5 nitrogen and oxygen atoms in total. The van der Waals surface area contributed by atoms with Crippen molar-refractivity contribution in [3.05, 3.63) is 0 Å². The van der Waals surface area contributed by atoms with Crippen LogP contribution in [0, 0.1) is 0 Å². The van der Waals surface area contributed by atoms with Gasteiger partial charge in [0.15, 0.2) is 0 Å². The van der Waals surface area contributed by atoms with Gasteiger partial charge in [0.05, 0.1) is 18.3 Å². The first-order valence-electron chi connectivity index (χ1n) is 6.68. The number of piperidine rings is 1. The highest BCUT2D eigenvalue weighted by Crippen LogP contribution is 2.35. The number of alkyl halides is 3. The van der Waals surface area contributed by atoms with Gasteiger partial charge in [0.2, 0.25) is 5.91 Å². The van der Waals surface area contributed by atoms with Crippen LogP contribution in [-0.2, 0) is 14.3 Å². The number of nitrogens with one attached hydrogen (secondary N) is 2. The van der Waals surface area contributed by atoms with E-state index in [2.05, 4.69) is 5.32 Å². The van der Waals surface area contributed by atoms with E-state index in [0.717, 1.165) is 25.9 Å². The monoisotopic (exact) mass is 296 g/mol. The number of carbonyl (C=O) groups excluding carboxylic acids is 1. The lowest BCUT2D eigenvalue weighted by Gasteiger charge is -2.32. The molecule has 2 aliphatic heterocycles. The second-order valence-electron chi connectivity index (χ2n) is 5.27. The SMILES string of the molecule is O=C(COC1COC2(CCNCC2)C1)NCC(F)(F)F. The van der Waals surface area contributed by atoms with Crippen LogP contribution in [0.15, 0.2) is 0 Å². The number of carbonyl (C=O) groups is 1. The lowest BCUT2D eigenvalue weighted by atomic mass is 9.89. The Morgan fingerprint density at radius 1 is 1.40 bits per heavy atom. The summed E-state index contributed by atoms with van der Waals surface area (Å²) in [6.45, 7) is 0.481. The molecule has 1 atom stereocenters. The van der Waals surface area contributed by atoms with Gasteiger partial charge in [-0.05, 0) is 25.9 Å². The summed E-state index contributed by atoms with van der Waals surface area (Å²) in [7, 11) is 0. The van der Waals surface area contributed by atoms with E-state index < -0.39 is 18.6 Å². The van der Waals surface area contributed by atoms with Crippen molar-refractivity contribution in [1.29, 1.82) is 0 Å². The Hall–Kier alpha value is -0.860. The molecule has 1 spiro atoms. The fraction of sp³-hybridized carbons (Fsp3) is 0.917. The molecule has 1 amide bonds. The van der Waals surface area contributed by atoms with Crippen molar-refractivity contribution in [3.63, 3.8) is 0 Å². The third-order valence-electron chi connectivity index (χ3n) is 3.63. The molecule has 1 unspecified atom stereocenters. The first-order chi connectivity index (χ1) is 9.39. The van der Waals surface area contributed by atoms with Gasteiger partial charge in [-0.25, -0.2) is 0 Å². The quantitative estimate of drug-likeness (QED) is 0.797. The molecule has 116 valence electrons. The highest BCUT2D eigenvalue weighted by molar-refractivity contribution is 5.77. The number of hydrogen-bond acceptors (Lipinski definition) is 4. The van der Waals surface area contributed by atoms with Crippen LogP contribution in [0.2, 0.25) is 0 Å². The molecule has 20 heavy (non-hydrogen) atoms. The van der Waals surface area contributed by atoms with Gasteiger partial charge in [-0.15, -0.1) is 0 Å². The van der Waals surface area contributed by atoms with Crippen molar-refractivity contribution < 1.29 is 27.4 Å². The minimum atomic E-state index is -4.40. The summed E-state index contributed by atoms with van der Waals surface area (Å²) >= 11 is 0. The second kappa shape index (κ2) is 6.28. The number of ether oxygens (including phenoxy) is 2. The van der Waals surface area contributed by atoms with Gasteiger partial charge in [0, 0.05) is 6.42 Å². The Bertz CT molecular complexity index is 343. The van der Waals surface area contributed by atoms with E-state index in [1.165, 1.54) is 0 Å². The normalized spacial score (nSPS) is 25.9. The number of rotatable bonds is 4. The van der Waals surface area contributed by atoms with Gasteiger partial charge in [-0.2, -0.15) is 13.2 Å². The molecule has 0 aliphatic carbocycles. The van der Waals surface area contributed by atoms with Crippen molar-refractivity contribution in [2.75, 3.05) is 32.8 Å². The van der Waals surface area contributed by atoms with Crippen LogP contribution >= 0.6 is 0 Å². The molecular weight excluding hydrogens is 277 g/mol. The highest BCUT2D eigenvalue weighted by atomic mass is 19.4. The van der Waals surface area contributed by atoms with Crippen LogP contribution in [0.3, 0.4) is 0 Å². The zero-order valence-electron chi connectivity index (χ0n) is 11.1. The molecule has 0 bridgehead atoms. The summed E-state index contributed by atoms with van der Waals surface area (Å²) in [5, 5.41) is 5.02. The maximum Gasteiger partial charge on any atom is 0.405 e. The fourth-order valence-corrected chi connectivity index (χ4v) is 2.58. The Morgan fingerprint density at radius 2 is 2.10 bits per heavy atom. The zero-order chi connectivity index (χ0) is 14.6. The van der Waals surface area contributed by atoms with Crippen molar-refractivity contribution in [3.8, 4) is 0 Å². The molecule has 2 fully saturated rings. The summed E-state index contributed by atoms with van der Waals surface area (Å²) in [6, 6.07) is 0. The van der Waals surface area contributed by atoms with Crippen LogP contribution in [0.1, 0.15) is 19.3 Å². The number of halogens is 3. The number of hydrogen-bond donors (Lipinski definition) is 2. The van der Waals surface area contributed by atoms with E-state index in [-0.39, 0.29) is 18.3 Å². The van der Waals surface area contributed by atoms with Crippen LogP contribution in [0.5, 0.6) is 0 Å². The standard InChI is InChI=1S/C12H19F3N2O3/c13-12(14,15)8-17-10(18)7-19-9-5-11(20-6-9)1-3-16-4-2-11/h9,16H,1-8H2,(H,17,18). The second-order valence-corrected chi connectivity index (χ2v) is 5.27. The first-order valence-corrected chi connectivity index (χ1v) is 6.68. The van der Waals surface area contributed by atoms with Crippen molar-refractivity contribution in [2.24, 2.45) is 0 Å². The minimum Gasteiger partial charge on any atom is -0.372 e. The van der Waals surface area contributed by atoms with Crippen LogP contribution in [0.4, 0.5) is 13.2 Å². The molecule has 2 aliphatic rings. The predicted octanol–water partition coefficient (Wildman–Crippen LogP) is 0.593. The molecule has 2 heterocycles. The molecule has 0 aromatic rings. The van der Waals surface area contributed by atoms with Gasteiger partial charge in [-0.1, -0.05) is 0 Å². The maximum atomic E-state index is 11.9. The van der Waals surface area contributed by atoms with Gasteiger partial charge in [0.25, 0.3) is 0 Å². The first kappa shape index (κ1) is 15.5. The summed E-state index contributed by atoms with van der Waals surface area (Å²) in [5.74, 6) is -0.756. The Balaban J connectivity index is 1.66. The number of amides is 1. The molecule has 0 aromatic heterocycles. The van der Waals surface area contributed by atoms with Crippen LogP contribution in [-0.4, -0.2) is 56.6 Å². The van der Waals surface area contributed by atoms with E-state index in [1.807, 2.05) is 0 Å². The van der Waals surface area contributed by atoms with Crippen molar-refractivity contribution in [1.82, 2.24) is 10.6 Å². The zero-order valence-corrected chi connectivity index (χ0v) is 11.1. The molecule has 2 rings (SSSR count). The van der Waals surface area contributed by atoms with E-state index in [1.54, 1.807) is 5.32 Å². The highest BCUT2D eigenvalue weighted by Gasteiger charge is 2.41. The minimum absolute atomic E-state index is 0.182. The topological polar surface area (TPSA) is 59.6 Å². The van der Waals surface area contributed by atoms with Gasteiger partial charge >= 0.3 is 6.18 Å². The Kier molecular flexibility index (Phi) is 4.87. The third kappa shape index (κ3) is 4.60. The van der Waals surface area contributed by atoms with Crippen LogP contribution in [0.25, 0.3) is 0 Å². The summed E-state index contributed by atoms with van der Waals surface area (Å²) in [5.41, 5.74) is -0.182. The largest absolute Gasteiger partial charge is 0.405 e. The van der Waals surface area contributed by atoms with Crippen molar-refractivity contribution in [2.45, 2.75) is 37.1 Å². The summed E-state index contributed by atoms with van der Waals surface area (Å²) in [4.78, 5) is 11.2. The molecule has 0 aromatic carbocycles. The molecule has 0 radical (unpaired) electrons. The van der Waals surface area contributed by atoms with Gasteiger partial charge in [-0.3, -0.25) is 4.79 Å². The average molecular weight is 296 g/mol. The smallest absolute Gasteiger partial charge is 0.372 e. The molecular formula is C12H19F3N2O3. The maximum absolute atomic E-state index is 11.9. The summed E-state index contributed by atoms with van der Waals surface area (Å²) < 4.78 is 46.8. The molecule has 0 saturated carbocycles. The Morgan fingerprint density at radius 3 is 2.75 bits per heavy atom. The van der Waals surface area contributed by atoms with Crippen LogP contribution < -0.4 is 10.6 Å². The van der Waals surface area contributed by atoms with Gasteiger partial charge in [0.1, 0.15) is 13.2 Å². The van der Waals surface area contributed by atoms with E-state index in [0.29, 0.717) is 13.0 Å². The van der Waals surface area contributed by atoms with Crippen molar-refractivity contribution >= 4 is 5.91 Å². The lowest BCUT2D eigenvalue weighted by Crippen LogP contribution is -2.41. The van der Waals surface area contributed by atoms with Gasteiger partial charge < -0.3 is 20.1 Å². The summed E-state index contributed by atoms with van der Waals surface area (Å²) in [6.07, 6.45) is -2.13. The van der Waals surface area contributed by atoms with E-state index >= 15 is 0 Å². The van der Waals surface area contributed by atoms with E-state index in [4.69, 9.17) is 9.47 Å². The predicted molar refractivity (Wildman–Crippen MR) is 64.2 cm³/mol. The van der Waals surface area contributed by atoms with E-state index in [9.17, 15) is 18.0 Å². The third-order valence-corrected chi connectivity index (χ3v) is 3.63. The molecule has 2 N–H and O–H groups in total.